The summed E-state index contributed by atoms with van der Waals surface area (Å²) in [5.41, 5.74) is 0.638. The molecule has 0 aliphatic carbocycles. The van der Waals surface area contributed by atoms with E-state index in [1.54, 1.807) is 0 Å². The van der Waals surface area contributed by atoms with Crippen molar-refractivity contribution in [1.82, 2.24) is 10.2 Å². The highest BCUT2D eigenvalue weighted by Crippen LogP contribution is 2.04. The van der Waals surface area contributed by atoms with E-state index in [-0.39, 0.29) is 11.9 Å². The van der Waals surface area contributed by atoms with E-state index in [2.05, 4.69) is 30.6 Å². The van der Waals surface area contributed by atoms with Crippen LogP contribution in [0.1, 0.15) is 34.6 Å². The lowest BCUT2D eigenvalue weighted by molar-refractivity contribution is -0.118. The molecule has 0 spiro atoms. The van der Waals surface area contributed by atoms with Crippen LogP contribution < -0.4 is 5.32 Å². The number of morpholine rings is 1. The van der Waals surface area contributed by atoms with E-state index in [1.807, 2.05) is 20.8 Å². The van der Waals surface area contributed by atoms with Crippen LogP contribution in [0.25, 0.3) is 0 Å². The van der Waals surface area contributed by atoms with Crippen LogP contribution in [0.5, 0.6) is 0 Å². The van der Waals surface area contributed by atoms with Crippen LogP contribution in [0, 0.1) is 5.92 Å². The van der Waals surface area contributed by atoms with Crippen molar-refractivity contribution >= 4 is 5.91 Å². The smallest absolute Gasteiger partial charge is 0.248 e. The van der Waals surface area contributed by atoms with Crippen molar-refractivity contribution in [1.29, 1.82) is 0 Å². The zero-order valence-corrected chi connectivity index (χ0v) is 13.2. The highest BCUT2D eigenvalue weighted by molar-refractivity contribution is 5.93. The number of carbonyl (C=O) groups is 1. The Hall–Kier alpha value is -0.870. The Morgan fingerprint density at radius 3 is 2.26 bits per heavy atom. The molecule has 4 nitrogen and oxygen atoms in total. The molecule has 1 aliphatic heterocycles. The maximum absolute atomic E-state index is 11.9. The average molecular weight is 270 g/mol. The fourth-order valence-electron chi connectivity index (χ4n) is 1.58. The van der Waals surface area contributed by atoms with Crippen molar-refractivity contribution in [3.05, 3.63) is 12.2 Å². The summed E-state index contributed by atoms with van der Waals surface area (Å²) in [5.74, 6) is 0.410. The molecule has 19 heavy (non-hydrogen) atoms. The molecule has 0 aromatic carbocycles. The van der Waals surface area contributed by atoms with Crippen molar-refractivity contribution in [2.24, 2.45) is 5.92 Å². The van der Waals surface area contributed by atoms with Crippen LogP contribution in [-0.4, -0.2) is 49.7 Å². The van der Waals surface area contributed by atoms with Gasteiger partial charge in [0.1, 0.15) is 0 Å². The minimum absolute atomic E-state index is 0.0299. The predicted octanol–water partition coefficient (Wildman–Crippen LogP) is 2.06. The molecule has 1 amide bonds. The van der Waals surface area contributed by atoms with Gasteiger partial charge in [0.15, 0.2) is 0 Å². The summed E-state index contributed by atoms with van der Waals surface area (Å²) in [6.45, 7) is 18.0. The second kappa shape index (κ2) is 9.98. The number of amides is 1. The van der Waals surface area contributed by atoms with Gasteiger partial charge in [-0.1, -0.05) is 34.3 Å². The zero-order valence-electron chi connectivity index (χ0n) is 13.2. The van der Waals surface area contributed by atoms with Gasteiger partial charge >= 0.3 is 0 Å². The first kappa shape index (κ1) is 18.1. The van der Waals surface area contributed by atoms with Crippen LogP contribution >= 0.6 is 0 Å². The normalized spacial score (nSPS) is 17.4. The minimum atomic E-state index is -0.0299. The Morgan fingerprint density at radius 1 is 1.26 bits per heavy atom. The fraction of sp³-hybridized carbons (Fsp3) is 0.800. The number of nitrogens with one attached hydrogen (secondary N) is 1. The van der Waals surface area contributed by atoms with Crippen molar-refractivity contribution in [2.75, 3.05) is 32.8 Å². The predicted molar refractivity (Wildman–Crippen MR) is 80.2 cm³/mol. The van der Waals surface area contributed by atoms with Gasteiger partial charge in [-0.25, -0.2) is 0 Å². The van der Waals surface area contributed by atoms with Crippen LogP contribution in [-0.2, 0) is 9.53 Å². The van der Waals surface area contributed by atoms with Gasteiger partial charge in [-0.15, -0.1) is 0 Å². The third-order valence-corrected chi connectivity index (χ3v) is 3.20. The SMILES string of the molecule is C=C(CN1CCOCC1)C(=O)NC(C)C(C)C.CC. The van der Waals surface area contributed by atoms with Gasteiger partial charge in [-0.3, -0.25) is 9.69 Å². The molecule has 1 saturated heterocycles. The van der Waals surface area contributed by atoms with Gasteiger partial charge in [0.05, 0.1) is 13.2 Å². The summed E-state index contributed by atoms with van der Waals surface area (Å²) in [6, 6.07) is 0.184. The fourth-order valence-corrected chi connectivity index (χ4v) is 1.58. The lowest BCUT2D eigenvalue weighted by Crippen LogP contribution is -2.42. The number of nitrogens with zero attached hydrogens (tertiary/aromatic N) is 1. The Balaban J connectivity index is 0.00000154. The standard InChI is InChI=1S/C13H24N2O2.C2H6/c1-10(2)12(4)14-13(16)11(3)9-15-5-7-17-8-6-15;1-2/h10,12H,3,5-9H2,1-2,4H3,(H,14,16);1-2H3. The maximum Gasteiger partial charge on any atom is 0.248 e. The second-order valence-electron chi connectivity index (χ2n) is 5.00. The van der Waals surface area contributed by atoms with E-state index < -0.39 is 0 Å². The molecule has 0 aromatic rings. The second-order valence-corrected chi connectivity index (χ2v) is 5.00. The third kappa shape index (κ3) is 7.33. The van der Waals surface area contributed by atoms with Crippen LogP contribution in [0.3, 0.4) is 0 Å². The van der Waals surface area contributed by atoms with Gasteiger partial charge in [0.2, 0.25) is 5.91 Å². The molecular weight excluding hydrogens is 240 g/mol. The molecule has 1 atom stereocenters. The number of carbonyl (C=O) groups excluding carboxylic acids is 1. The number of hydrogen-bond donors (Lipinski definition) is 1. The quantitative estimate of drug-likeness (QED) is 0.778. The van der Waals surface area contributed by atoms with E-state index in [4.69, 9.17) is 4.74 Å². The summed E-state index contributed by atoms with van der Waals surface area (Å²) in [5, 5.41) is 2.97. The highest BCUT2D eigenvalue weighted by atomic mass is 16.5. The van der Waals surface area contributed by atoms with Crippen molar-refractivity contribution in [3.63, 3.8) is 0 Å². The van der Waals surface area contributed by atoms with Gasteiger partial charge < -0.3 is 10.1 Å². The summed E-state index contributed by atoms with van der Waals surface area (Å²) in [6.07, 6.45) is 0. The van der Waals surface area contributed by atoms with E-state index in [9.17, 15) is 4.79 Å². The Kier molecular flexibility index (Phi) is 9.53. The molecule has 1 fully saturated rings. The first-order valence-electron chi connectivity index (χ1n) is 7.29. The summed E-state index contributed by atoms with van der Waals surface area (Å²) < 4.78 is 5.27. The van der Waals surface area contributed by atoms with Crippen LogP contribution in [0.4, 0.5) is 0 Å². The number of hydrogen-bond acceptors (Lipinski definition) is 3. The molecule has 1 heterocycles. The molecule has 0 aromatic heterocycles. The van der Waals surface area contributed by atoms with E-state index in [1.165, 1.54) is 0 Å². The molecule has 1 aliphatic rings. The molecule has 1 unspecified atom stereocenters. The lowest BCUT2D eigenvalue weighted by Gasteiger charge is -2.27. The van der Waals surface area contributed by atoms with E-state index >= 15 is 0 Å². The Morgan fingerprint density at radius 2 is 1.79 bits per heavy atom. The third-order valence-electron chi connectivity index (χ3n) is 3.20. The largest absolute Gasteiger partial charge is 0.379 e. The average Bonchev–Trinajstić information content (AvgIpc) is 2.41. The first-order chi connectivity index (χ1) is 9.00. The number of rotatable bonds is 5. The van der Waals surface area contributed by atoms with Crippen molar-refractivity contribution in [3.8, 4) is 0 Å². The van der Waals surface area contributed by atoms with Crippen LogP contribution in [0.15, 0.2) is 12.2 Å². The number of ether oxygens (including phenoxy) is 1. The lowest BCUT2D eigenvalue weighted by atomic mass is 10.1. The van der Waals surface area contributed by atoms with Gasteiger partial charge in [0.25, 0.3) is 0 Å². The summed E-state index contributed by atoms with van der Waals surface area (Å²) >= 11 is 0. The van der Waals surface area contributed by atoms with Crippen molar-refractivity contribution in [2.45, 2.75) is 40.7 Å². The molecular formula is C15H30N2O2. The molecule has 4 heteroatoms. The topological polar surface area (TPSA) is 41.6 Å². The zero-order chi connectivity index (χ0) is 14.8. The van der Waals surface area contributed by atoms with E-state index in [0.717, 1.165) is 26.3 Å². The minimum Gasteiger partial charge on any atom is -0.379 e. The van der Waals surface area contributed by atoms with Crippen molar-refractivity contribution < 1.29 is 9.53 Å². The molecule has 112 valence electrons. The first-order valence-corrected chi connectivity index (χ1v) is 7.29. The molecule has 0 bridgehead atoms. The Labute approximate surface area is 118 Å². The summed E-state index contributed by atoms with van der Waals surface area (Å²) in [7, 11) is 0. The highest BCUT2D eigenvalue weighted by Gasteiger charge is 2.17. The van der Waals surface area contributed by atoms with E-state index in [0.29, 0.717) is 18.0 Å². The molecule has 0 saturated carbocycles. The van der Waals surface area contributed by atoms with Gasteiger partial charge in [-0.2, -0.15) is 0 Å². The Bertz CT molecular complexity index is 271. The summed E-state index contributed by atoms with van der Waals surface area (Å²) in [4.78, 5) is 14.1. The molecule has 1 rings (SSSR count). The molecule has 1 N–H and O–H groups in total. The maximum atomic E-state index is 11.9. The monoisotopic (exact) mass is 270 g/mol. The van der Waals surface area contributed by atoms with Gasteiger partial charge in [0, 0.05) is 31.2 Å². The van der Waals surface area contributed by atoms with Crippen LogP contribution in [0.2, 0.25) is 0 Å². The molecule has 0 radical (unpaired) electrons. The van der Waals surface area contributed by atoms with Gasteiger partial charge in [-0.05, 0) is 12.8 Å².